The number of halogens is 2. The first-order valence-corrected chi connectivity index (χ1v) is 13.1. The van der Waals surface area contributed by atoms with Crippen LogP contribution >= 0.6 is 11.8 Å². The van der Waals surface area contributed by atoms with Crippen LogP contribution in [-0.2, 0) is 4.74 Å². The van der Waals surface area contributed by atoms with E-state index in [1.807, 2.05) is 24.4 Å². The zero-order valence-electron chi connectivity index (χ0n) is 20.2. The Morgan fingerprint density at radius 3 is 2.38 bits per heavy atom. The van der Waals surface area contributed by atoms with Gasteiger partial charge >= 0.3 is 0 Å². The smallest absolute Gasteiger partial charge is 0.288 e. The molecular formula is C29H27F2N3O2S. The fourth-order valence-electron chi connectivity index (χ4n) is 4.49. The molecule has 0 atom stereocenters. The van der Waals surface area contributed by atoms with Gasteiger partial charge in [0.15, 0.2) is 0 Å². The maximum atomic E-state index is 12.5. The SMILES string of the molecule is FC(F)Sc1ccc(-c2ccc(C=NN=CC3=C(N4CCOCC4)/C(=C/c4ccccc4)CC3)o2)cc1. The molecule has 8 heteroatoms. The molecule has 5 rings (SSSR count). The predicted molar refractivity (Wildman–Crippen MR) is 145 cm³/mol. The molecule has 0 N–H and O–H groups in total. The summed E-state index contributed by atoms with van der Waals surface area (Å²) in [7, 11) is 0. The zero-order chi connectivity index (χ0) is 25.5. The van der Waals surface area contributed by atoms with Crippen molar-refractivity contribution in [2.75, 3.05) is 26.3 Å². The van der Waals surface area contributed by atoms with E-state index in [1.54, 1.807) is 30.5 Å². The number of hydrogen-bond donors (Lipinski definition) is 0. The number of furan rings is 1. The number of thioether (sulfide) groups is 1. The minimum atomic E-state index is -2.44. The molecular weight excluding hydrogens is 492 g/mol. The van der Waals surface area contributed by atoms with Gasteiger partial charge in [0.25, 0.3) is 5.76 Å². The number of hydrogen-bond acceptors (Lipinski definition) is 6. The van der Waals surface area contributed by atoms with Gasteiger partial charge in [-0.05, 0) is 59.9 Å². The van der Waals surface area contributed by atoms with Crippen molar-refractivity contribution >= 4 is 30.3 Å². The molecule has 1 saturated heterocycles. The molecule has 1 aromatic heterocycles. The van der Waals surface area contributed by atoms with Crippen LogP contribution in [0.4, 0.5) is 8.78 Å². The Labute approximate surface area is 219 Å². The van der Waals surface area contributed by atoms with Gasteiger partial charge in [0.2, 0.25) is 0 Å². The van der Waals surface area contributed by atoms with E-state index in [9.17, 15) is 8.78 Å². The quantitative estimate of drug-likeness (QED) is 0.180. The van der Waals surface area contributed by atoms with Gasteiger partial charge in [0.05, 0.1) is 25.6 Å². The van der Waals surface area contributed by atoms with Gasteiger partial charge in [-0.3, -0.25) is 0 Å². The summed E-state index contributed by atoms with van der Waals surface area (Å²) >= 11 is 0.523. The van der Waals surface area contributed by atoms with Gasteiger partial charge in [-0.15, -0.1) is 0 Å². The van der Waals surface area contributed by atoms with Crippen LogP contribution in [0.2, 0.25) is 0 Å². The molecule has 3 aromatic rings. The number of allylic oxidation sites excluding steroid dienone is 2. The second-order valence-electron chi connectivity index (χ2n) is 8.65. The number of nitrogens with zero attached hydrogens (tertiary/aromatic N) is 3. The van der Waals surface area contributed by atoms with Crippen molar-refractivity contribution in [1.82, 2.24) is 4.90 Å². The van der Waals surface area contributed by atoms with Crippen LogP contribution in [0.1, 0.15) is 24.2 Å². The van der Waals surface area contributed by atoms with Crippen LogP contribution in [0.25, 0.3) is 17.4 Å². The van der Waals surface area contributed by atoms with E-state index in [-0.39, 0.29) is 0 Å². The van der Waals surface area contributed by atoms with Crippen molar-refractivity contribution in [2.24, 2.45) is 10.2 Å². The van der Waals surface area contributed by atoms with Gasteiger partial charge in [-0.2, -0.15) is 19.0 Å². The fourth-order valence-corrected chi connectivity index (χ4v) is 4.99. The number of rotatable bonds is 8. The largest absolute Gasteiger partial charge is 0.455 e. The van der Waals surface area contributed by atoms with E-state index in [0.717, 1.165) is 44.7 Å². The number of alkyl halides is 2. The van der Waals surface area contributed by atoms with E-state index in [0.29, 0.717) is 28.2 Å². The Morgan fingerprint density at radius 1 is 0.865 bits per heavy atom. The van der Waals surface area contributed by atoms with Crippen molar-refractivity contribution in [3.05, 3.63) is 94.9 Å². The van der Waals surface area contributed by atoms with Gasteiger partial charge < -0.3 is 14.1 Å². The maximum absolute atomic E-state index is 12.5. The summed E-state index contributed by atoms with van der Waals surface area (Å²) in [4.78, 5) is 2.90. The average molecular weight is 520 g/mol. The third-order valence-electron chi connectivity index (χ3n) is 6.20. The third kappa shape index (κ3) is 6.64. The number of benzene rings is 2. The lowest BCUT2D eigenvalue weighted by Gasteiger charge is -2.31. The third-order valence-corrected chi connectivity index (χ3v) is 6.92. The molecule has 1 aliphatic heterocycles. The number of morpholine rings is 1. The van der Waals surface area contributed by atoms with Crippen LogP contribution in [-0.4, -0.2) is 49.4 Å². The normalized spacial score (nSPS) is 17.8. The maximum Gasteiger partial charge on any atom is 0.288 e. The molecule has 1 fully saturated rings. The molecule has 2 aliphatic rings. The summed E-state index contributed by atoms with van der Waals surface area (Å²) in [6, 6.07) is 20.9. The van der Waals surface area contributed by atoms with E-state index >= 15 is 0 Å². The number of ether oxygens (including phenoxy) is 1. The molecule has 190 valence electrons. The molecule has 0 radical (unpaired) electrons. The van der Waals surface area contributed by atoms with Crippen LogP contribution in [0.3, 0.4) is 0 Å². The van der Waals surface area contributed by atoms with Crippen LogP contribution in [0.5, 0.6) is 0 Å². The molecule has 0 bridgehead atoms. The fraction of sp³-hybridized carbons (Fsp3) is 0.241. The first-order chi connectivity index (χ1) is 18.2. The Kier molecular flexibility index (Phi) is 8.28. The summed E-state index contributed by atoms with van der Waals surface area (Å²) in [6.45, 7) is 3.16. The molecule has 37 heavy (non-hydrogen) atoms. The van der Waals surface area contributed by atoms with Crippen LogP contribution < -0.4 is 0 Å². The van der Waals surface area contributed by atoms with Crippen molar-refractivity contribution in [3.8, 4) is 11.3 Å². The summed E-state index contributed by atoms with van der Waals surface area (Å²) in [5.74, 6) is -1.23. The van der Waals surface area contributed by atoms with Crippen LogP contribution in [0, 0.1) is 0 Å². The van der Waals surface area contributed by atoms with E-state index in [2.05, 4.69) is 45.4 Å². The highest BCUT2D eigenvalue weighted by Crippen LogP contribution is 2.35. The van der Waals surface area contributed by atoms with Gasteiger partial charge in [0.1, 0.15) is 11.5 Å². The Hall–Kier alpha value is -3.49. The molecule has 2 heterocycles. The van der Waals surface area contributed by atoms with Crippen molar-refractivity contribution < 1.29 is 17.9 Å². The second kappa shape index (κ2) is 12.2. The first kappa shape index (κ1) is 25.2. The highest BCUT2D eigenvalue weighted by atomic mass is 32.2. The standard InChI is InChI=1S/C29H27F2N3O2S/c30-29(31)37-26-11-8-22(9-12-26)27-13-10-25(36-27)20-33-32-19-24-7-6-23(18-21-4-2-1-3-5-21)28(24)34-14-16-35-17-15-34/h1-5,8-13,18-20,29H,6-7,14-17H2/b23-18+,32-19?,33-20?. The van der Waals surface area contributed by atoms with Crippen molar-refractivity contribution in [2.45, 2.75) is 23.5 Å². The molecule has 2 aromatic carbocycles. The lowest BCUT2D eigenvalue weighted by Crippen LogP contribution is -2.36. The van der Waals surface area contributed by atoms with Gasteiger partial charge in [-0.1, -0.05) is 54.2 Å². The topological polar surface area (TPSA) is 50.3 Å². The average Bonchev–Trinajstić information content (AvgIpc) is 3.55. The molecule has 0 unspecified atom stereocenters. The Balaban J connectivity index is 1.30. The predicted octanol–water partition coefficient (Wildman–Crippen LogP) is 7.13. The van der Waals surface area contributed by atoms with Crippen molar-refractivity contribution in [3.63, 3.8) is 0 Å². The van der Waals surface area contributed by atoms with Gasteiger partial charge in [-0.25, -0.2) is 0 Å². The highest BCUT2D eigenvalue weighted by Gasteiger charge is 2.25. The van der Waals surface area contributed by atoms with E-state index in [4.69, 9.17) is 9.15 Å². The molecule has 0 amide bonds. The lowest BCUT2D eigenvalue weighted by atomic mass is 10.1. The summed E-state index contributed by atoms with van der Waals surface area (Å²) in [6.07, 6.45) is 7.55. The molecule has 5 nitrogen and oxygen atoms in total. The van der Waals surface area contributed by atoms with Crippen LogP contribution in [0.15, 0.2) is 103 Å². The molecule has 1 aliphatic carbocycles. The van der Waals surface area contributed by atoms with E-state index < -0.39 is 5.76 Å². The lowest BCUT2D eigenvalue weighted by molar-refractivity contribution is 0.0548. The Morgan fingerprint density at radius 2 is 1.62 bits per heavy atom. The first-order valence-electron chi connectivity index (χ1n) is 12.2. The monoisotopic (exact) mass is 519 g/mol. The highest BCUT2D eigenvalue weighted by molar-refractivity contribution is 7.99. The summed E-state index contributed by atoms with van der Waals surface area (Å²) < 4.78 is 36.5. The molecule has 0 spiro atoms. The molecule has 0 saturated carbocycles. The second-order valence-corrected chi connectivity index (χ2v) is 9.71. The minimum absolute atomic E-state index is 0.515. The summed E-state index contributed by atoms with van der Waals surface area (Å²) in [5.41, 5.74) is 5.72. The minimum Gasteiger partial charge on any atom is -0.455 e. The van der Waals surface area contributed by atoms with E-state index in [1.165, 1.54) is 22.4 Å². The van der Waals surface area contributed by atoms with Gasteiger partial charge in [0, 0.05) is 29.2 Å². The Bertz CT molecular complexity index is 1310. The van der Waals surface area contributed by atoms with Crippen molar-refractivity contribution in [1.29, 1.82) is 0 Å². The summed E-state index contributed by atoms with van der Waals surface area (Å²) in [5, 5.41) is 8.54. The zero-order valence-corrected chi connectivity index (χ0v) is 21.0.